The van der Waals surface area contributed by atoms with Gasteiger partial charge in [-0.1, -0.05) is 79.5 Å². The molecule has 1 amide bonds. The first-order chi connectivity index (χ1) is 17.4. The maximum atomic E-state index is 13.7. The van der Waals surface area contributed by atoms with Crippen molar-refractivity contribution >= 4 is 40.0 Å². The molecule has 0 saturated heterocycles. The summed E-state index contributed by atoms with van der Waals surface area (Å²) in [6.07, 6.45) is 2.84. The third-order valence-corrected chi connectivity index (χ3v) is 6.77. The van der Waals surface area contributed by atoms with Crippen molar-refractivity contribution in [3.8, 4) is 0 Å². The average Bonchev–Trinajstić information content (AvgIpc) is 3.27. The minimum absolute atomic E-state index is 0.124. The average molecular weight is 523 g/mol. The highest BCUT2D eigenvalue weighted by Gasteiger charge is 2.20. The second kappa shape index (κ2) is 12.4. The van der Waals surface area contributed by atoms with E-state index in [1.54, 1.807) is 0 Å². The molecular formula is C30H33Cl2N3O. The van der Waals surface area contributed by atoms with Crippen LogP contribution in [0.4, 0.5) is 0 Å². The summed E-state index contributed by atoms with van der Waals surface area (Å²) < 4.78 is 0. The highest BCUT2D eigenvalue weighted by atomic mass is 35.5. The molecule has 4 aromatic rings. The van der Waals surface area contributed by atoms with Gasteiger partial charge in [-0.3, -0.25) is 9.69 Å². The number of nitrogens with zero attached hydrogens (tertiary/aromatic N) is 2. The molecule has 1 heterocycles. The first kappa shape index (κ1) is 26.3. The number of hydrogen-bond donors (Lipinski definition) is 1. The van der Waals surface area contributed by atoms with Crippen LogP contribution >= 0.6 is 23.2 Å². The van der Waals surface area contributed by atoms with Crippen LogP contribution in [0, 0.1) is 5.92 Å². The Kier molecular flexibility index (Phi) is 9.08. The molecule has 0 aliphatic carbocycles. The van der Waals surface area contributed by atoms with Crippen LogP contribution in [0.1, 0.15) is 30.5 Å². The predicted octanol–water partition coefficient (Wildman–Crippen LogP) is 7.20. The number of aromatic amines is 1. The number of amides is 1. The van der Waals surface area contributed by atoms with Gasteiger partial charge in [0.25, 0.3) is 0 Å². The second-order valence-corrected chi connectivity index (χ2v) is 10.6. The van der Waals surface area contributed by atoms with Gasteiger partial charge in [0.2, 0.25) is 5.91 Å². The van der Waals surface area contributed by atoms with Gasteiger partial charge in [0, 0.05) is 53.3 Å². The molecule has 4 rings (SSSR count). The van der Waals surface area contributed by atoms with Gasteiger partial charge in [0.15, 0.2) is 0 Å². The first-order valence-corrected chi connectivity index (χ1v) is 13.2. The van der Waals surface area contributed by atoms with Gasteiger partial charge in [-0.15, -0.1) is 0 Å². The number of carbonyl (C=O) groups is 1. The van der Waals surface area contributed by atoms with Crippen LogP contribution in [0.5, 0.6) is 0 Å². The topological polar surface area (TPSA) is 39.3 Å². The normalized spacial score (nSPS) is 11.5. The molecule has 3 aromatic carbocycles. The van der Waals surface area contributed by atoms with Crippen molar-refractivity contribution in [3.05, 3.63) is 106 Å². The summed E-state index contributed by atoms with van der Waals surface area (Å²) in [5.74, 6) is 0.570. The lowest BCUT2D eigenvalue weighted by Crippen LogP contribution is -2.41. The van der Waals surface area contributed by atoms with Crippen LogP contribution in [-0.4, -0.2) is 40.3 Å². The number of para-hydroxylation sites is 1. The van der Waals surface area contributed by atoms with E-state index in [1.807, 2.05) is 59.5 Å². The van der Waals surface area contributed by atoms with Crippen LogP contribution < -0.4 is 0 Å². The minimum atomic E-state index is 0.124. The van der Waals surface area contributed by atoms with E-state index in [2.05, 4.69) is 48.1 Å². The summed E-state index contributed by atoms with van der Waals surface area (Å²) in [6, 6.07) is 23.9. The van der Waals surface area contributed by atoms with Crippen LogP contribution in [-0.2, 0) is 24.3 Å². The largest absolute Gasteiger partial charge is 0.361 e. The van der Waals surface area contributed by atoms with Crippen molar-refractivity contribution < 1.29 is 4.79 Å². The van der Waals surface area contributed by atoms with E-state index in [1.165, 1.54) is 10.9 Å². The van der Waals surface area contributed by atoms with Gasteiger partial charge >= 0.3 is 0 Å². The molecule has 6 heteroatoms. The monoisotopic (exact) mass is 521 g/mol. The molecule has 1 N–H and O–H groups in total. The molecule has 0 radical (unpaired) electrons. The van der Waals surface area contributed by atoms with Crippen molar-refractivity contribution in [2.45, 2.75) is 33.4 Å². The Morgan fingerprint density at radius 2 is 1.47 bits per heavy atom. The van der Waals surface area contributed by atoms with Gasteiger partial charge in [-0.05, 0) is 59.4 Å². The third-order valence-electron chi connectivity index (χ3n) is 6.27. The number of fused-ring (bicyclic) bond motifs is 1. The lowest BCUT2D eigenvalue weighted by Gasteiger charge is -2.29. The number of H-pyrrole nitrogens is 1. The van der Waals surface area contributed by atoms with Gasteiger partial charge in [0.1, 0.15) is 0 Å². The summed E-state index contributed by atoms with van der Waals surface area (Å²) in [6.45, 7) is 7.46. The van der Waals surface area contributed by atoms with E-state index in [4.69, 9.17) is 23.2 Å². The van der Waals surface area contributed by atoms with E-state index in [0.29, 0.717) is 37.1 Å². The molecule has 1 aromatic heterocycles. The molecule has 0 saturated carbocycles. The van der Waals surface area contributed by atoms with E-state index >= 15 is 0 Å². The Hall–Kier alpha value is -2.79. The summed E-state index contributed by atoms with van der Waals surface area (Å²) in [7, 11) is 0. The van der Waals surface area contributed by atoms with E-state index in [-0.39, 0.29) is 5.91 Å². The Bertz CT molecular complexity index is 1270. The Morgan fingerprint density at radius 1 is 0.861 bits per heavy atom. The Balaban J connectivity index is 1.51. The Morgan fingerprint density at radius 3 is 2.11 bits per heavy atom. The van der Waals surface area contributed by atoms with E-state index in [0.717, 1.165) is 34.6 Å². The van der Waals surface area contributed by atoms with Crippen LogP contribution in [0.3, 0.4) is 0 Å². The molecule has 188 valence electrons. The van der Waals surface area contributed by atoms with Crippen molar-refractivity contribution in [1.82, 2.24) is 14.8 Å². The zero-order valence-corrected chi connectivity index (χ0v) is 22.4. The van der Waals surface area contributed by atoms with E-state index in [9.17, 15) is 4.79 Å². The number of rotatable bonds is 11. The summed E-state index contributed by atoms with van der Waals surface area (Å²) in [4.78, 5) is 21.3. The van der Waals surface area contributed by atoms with E-state index < -0.39 is 0 Å². The zero-order chi connectivity index (χ0) is 25.5. The Labute approximate surface area is 223 Å². The van der Waals surface area contributed by atoms with Crippen molar-refractivity contribution in [1.29, 1.82) is 0 Å². The fraction of sp³-hybridized carbons (Fsp3) is 0.300. The molecule has 0 atom stereocenters. The number of halogens is 2. The minimum Gasteiger partial charge on any atom is -0.361 e. The molecule has 0 spiro atoms. The summed E-state index contributed by atoms with van der Waals surface area (Å²) >= 11 is 12.2. The smallest absolute Gasteiger partial charge is 0.237 e. The molecule has 0 bridgehead atoms. The molecule has 36 heavy (non-hydrogen) atoms. The molecule has 0 fully saturated rings. The molecular weight excluding hydrogens is 489 g/mol. The van der Waals surface area contributed by atoms with Crippen LogP contribution in [0.2, 0.25) is 10.0 Å². The maximum absolute atomic E-state index is 13.7. The van der Waals surface area contributed by atoms with Crippen molar-refractivity contribution in [3.63, 3.8) is 0 Å². The van der Waals surface area contributed by atoms with Gasteiger partial charge < -0.3 is 9.88 Å². The van der Waals surface area contributed by atoms with Crippen molar-refractivity contribution in [2.75, 3.05) is 19.6 Å². The number of nitrogens with one attached hydrogen (secondary N) is 1. The maximum Gasteiger partial charge on any atom is 0.237 e. The van der Waals surface area contributed by atoms with Gasteiger partial charge in [-0.2, -0.15) is 0 Å². The molecule has 0 aliphatic heterocycles. The number of carbonyl (C=O) groups excluding carboxylic acids is 1. The van der Waals surface area contributed by atoms with Crippen LogP contribution in [0.15, 0.2) is 79.0 Å². The fourth-order valence-corrected chi connectivity index (χ4v) is 4.79. The molecule has 4 nitrogen and oxygen atoms in total. The lowest BCUT2D eigenvalue weighted by atomic mass is 10.1. The highest BCUT2D eigenvalue weighted by molar-refractivity contribution is 6.30. The number of benzene rings is 3. The lowest BCUT2D eigenvalue weighted by molar-refractivity contribution is -0.133. The van der Waals surface area contributed by atoms with Gasteiger partial charge in [-0.25, -0.2) is 0 Å². The fourth-order valence-electron chi connectivity index (χ4n) is 4.54. The number of aromatic nitrogens is 1. The third kappa shape index (κ3) is 7.36. The number of hydrogen-bond acceptors (Lipinski definition) is 2. The molecule has 0 aliphatic rings. The molecule has 0 unspecified atom stereocenters. The van der Waals surface area contributed by atoms with Crippen LogP contribution in [0.25, 0.3) is 10.9 Å². The standard InChI is InChI=1S/C30H33Cl2N3O/c1-22(2)18-34(19-23-7-11-26(31)12-8-23)21-30(36)35(20-24-9-13-27(32)14-10-24)16-15-25-17-33-29-6-4-3-5-28(25)29/h3-14,17,22,33H,15-16,18-21H2,1-2H3. The summed E-state index contributed by atoms with van der Waals surface area (Å²) in [5, 5.41) is 2.62. The van der Waals surface area contributed by atoms with Crippen molar-refractivity contribution in [2.24, 2.45) is 5.92 Å². The first-order valence-electron chi connectivity index (χ1n) is 12.4. The quantitative estimate of drug-likeness (QED) is 0.226. The summed E-state index contributed by atoms with van der Waals surface area (Å²) in [5.41, 5.74) is 4.56. The zero-order valence-electron chi connectivity index (χ0n) is 20.9. The SMILES string of the molecule is CC(C)CN(CC(=O)N(CCc1c[nH]c2ccccc12)Cc1ccc(Cl)cc1)Cc1ccc(Cl)cc1. The highest BCUT2D eigenvalue weighted by Crippen LogP contribution is 2.20. The predicted molar refractivity (Wildman–Crippen MR) is 150 cm³/mol. The van der Waals surface area contributed by atoms with Gasteiger partial charge in [0.05, 0.1) is 6.54 Å². The second-order valence-electron chi connectivity index (χ2n) is 9.74.